The van der Waals surface area contributed by atoms with E-state index in [0.717, 1.165) is 30.1 Å². The number of aromatic nitrogens is 1. The van der Waals surface area contributed by atoms with E-state index in [4.69, 9.17) is 11.6 Å². The number of benzene rings is 1. The summed E-state index contributed by atoms with van der Waals surface area (Å²) in [6.07, 6.45) is 3.87. The first-order valence-electron chi connectivity index (χ1n) is 7.56. The summed E-state index contributed by atoms with van der Waals surface area (Å²) in [5.74, 6) is 0. The summed E-state index contributed by atoms with van der Waals surface area (Å²) in [6.45, 7) is 7.26. The van der Waals surface area contributed by atoms with Gasteiger partial charge in [-0.3, -0.25) is 4.98 Å². The van der Waals surface area contributed by atoms with Gasteiger partial charge in [-0.2, -0.15) is 0 Å². The molecule has 0 radical (unpaired) electrons. The van der Waals surface area contributed by atoms with Gasteiger partial charge in [-0.15, -0.1) is 0 Å². The maximum absolute atomic E-state index is 6.19. The molecule has 0 aliphatic heterocycles. The summed E-state index contributed by atoms with van der Waals surface area (Å²) >= 11 is 6.19. The molecule has 1 heterocycles. The number of likely N-dealkylation sites (N-methyl/N-ethyl adjacent to an activating group) is 1. The van der Waals surface area contributed by atoms with Crippen molar-refractivity contribution in [2.24, 2.45) is 0 Å². The van der Waals surface area contributed by atoms with Crippen LogP contribution in [0.15, 0.2) is 36.5 Å². The average Bonchev–Trinajstić information content (AvgIpc) is 2.46. The minimum Gasteiger partial charge on any atom is -0.310 e. The van der Waals surface area contributed by atoms with Crippen LogP contribution < -0.4 is 5.32 Å². The van der Waals surface area contributed by atoms with Gasteiger partial charge in [0, 0.05) is 29.4 Å². The zero-order valence-electron chi connectivity index (χ0n) is 13.0. The highest BCUT2D eigenvalue weighted by Crippen LogP contribution is 2.23. The van der Waals surface area contributed by atoms with E-state index in [1.54, 1.807) is 0 Å². The molecule has 2 nitrogen and oxygen atoms in total. The molecule has 0 spiro atoms. The third-order valence-corrected chi connectivity index (χ3v) is 3.84. The molecular weight excluding hydrogens is 280 g/mol. The first-order valence-corrected chi connectivity index (χ1v) is 7.94. The Balaban J connectivity index is 2.21. The summed E-state index contributed by atoms with van der Waals surface area (Å²) in [6, 6.07) is 10.8. The lowest BCUT2D eigenvalue weighted by Gasteiger charge is -2.19. The smallest absolute Gasteiger partial charge is 0.0422 e. The van der Waals surface area contributed by atoms with Gasteiger partial charge in [-0.05, 0) is 54.8 Å². The molecular formula is C18H23ClN2. The van der Waals surface area contributed by atoms with Crippen molar-refractivity contribution < 1.29 is 0 Å². The van der Waals surface area contributed by atoms with Crippen LogP contribution in [-0.2, 0) is 12.8 Å². The molecule has 1 atom stereocenters. The van der Waals surface area contributed by atoms with Crippen LogP contribution in [0.1, 0.15) is 42.3 Å². The first kappa shape index (κ1) is 16.0. The van der Waals surface area contributed by atoms with Crippen molar-refractivity contribution in [2.75, 3.05) is 6.54 Å². The van der Waals surface area contributed by atoms with Crippen molar-refractivity contribution in [3.05, 3.63) is 63.9 Å². The Morgan fingerprint density at radius 1 is 1.19 bits per heavy atom. The van der Waals surface area contributed by atoms with Gasteiger partial charge in [0.05, 0.1) is 0 Å². The second kappa shape index (κ2) is 7.58. The van der Waals surface area contributed by atoms with Gasteiger partial charge in [0.25, 0.3) is 0 Å². The maximum atomic E-state index is 6.19. The highest BCUT2D eigenvalue weighted by atomic mass is 35.5. The topological polar surface area (TPSA) is 24.9 Å². The highest BCUT2D eigenvalue weighted by molar-refractivity contribution is 6.30. The zero-order chi connectivity index (χ0) is 15.2. The maximum Gasteiger partial charge on any atom is 0.0422 e. The number of rotatable bonds is 6. The van der Waals surface area contributed by atoms with Gasteiger partial charge < -0.3 is 5.32 Å². The van der Waals surface area contributed by atoms with Crippen LogP contribution in [0.25, 0.3) is 0 Å². The highest BCUT2D eigenvalue weighted by Gasteiger charge is 2.13. The van der Waals surface area contributed by atoms with Crippen LogP contribution in [0.2, 0.25) is 5.02 Å². The zero-order valence-corrected chi connectivity index (χ0v) is 13.7. The number of nitrogens with zero attached hydrogens (tertiary/aromatic N) is 1. The molecule has 0 saturated heterocycles. The third kappa shape index (κ3) is 4.55. The van der Waals surface area contributed by atoms with Crippen LogP contribution in [0.4, 0.5) is 0 Å². The molecule has 0 aliphatic carbocycles. The van der Waals surface area contributed by atoms with Crippen molar-refractivity contribution in [1.29, 1.82) is 0 Å². The van der Waals surface area contributed by atoms with Crippen LogP contribution in [0, 0.1) is 6.92 Å². The predicted octanol–water partition coefficient (Wildman–Crippen LogP) is 4.50. The van der Waals surface area contributed by atoms with Crippen LogP contribution in [0.3, 0.4) is 0 Å². The third-order valence-electron chi connectivity index (χ3n) is 3.62. The Labute approximate surface area is 132 Å². The molecule has 21 heavy (non-hydrogen) atoms. The largest absolute Gasteiger partial charge is 0.310 e. The summed E-state index contributed by atoms with van der Waals surface area (Å²) < 4.78 is 0. The van der Waals surface area contributed by atoms with Crippen molar-refractivity contribution in [1.82, 2.24) is 10.3 Å². The van der Waals surface area contributed by atoms with Gasteiger partial charge in [-0.25, -0.2) is 0 Å². The Morgan fingerprint density at radius 2 is 2.00 bits per heavy atom. The van der Waals surface area contributed by atoms with E-state index in [9.17, 15) is 0 Å². The molecule has 1 unspecified atom stereocenters. The SMILES string of the molecule is CCNC(Cc1ccc(CC)cn1)c1cc(C)cc(Cl)c1. The van der Waals surface area contributed by atoms with Crippen LogP contribution in [-0.4, -0.2) is 11.5 Å². The van der Waals surface area contributed by atoms with Gasteiger partial charge in [-0.1, -0.05) is 37.6 Å². The van der Waals surface area contributed by atoms with E-state index in [0.29, 0.717) is 0 Å². The number of hydrogen-bond acceptors (Lipinski definition) is 2. The van der Waals surface area contributed by atoms with Gasteiger partial charge in [0.15, 0.2) is 0 Å². The minimum atomic E-state index is 0.243. The Kier molecular flexibility index (Phi) is 5.77. The quantitative estimate of drug-likeness (QED) is 0.850. The van der Waals surface area contributed by atoms with Crippen molar-refractivity contribution in [2.45, 2.75) is 39.7 Å². The molecule has 2 aromatic rings. The standard InChI is InChI=1S/C18H23ClN2/c1-4-14-6-7-17(21-12-14)11-18(20-5-2)15-8-13(3)9-16(19)10-15/h6-10,12,18,20H,4-5,11H2,1-3H3. The van der Waals surface area contributed by atoms with Crippen LogP contribution in [0.5, 0.6) is 0 Å². The van der Waals surface area contributed by atoms with Gasteiger partial charge in [0.2, 0.25) is 0 Å². The van der Waals surface area contributed by atoms with Crippen molar-refractivity contribution >= 4 is 11.6 Å². The molecule has 1 N–H and O–H groups in total. The van der Waals surface area contributed by atoms with E-state index < -0.39 is 0 Å². The van der Waals surface area contributed by atoms with Crippen LogP contribution >= 0.6 is 11.6 Å². The number of aryl methyl sites for hydroxylation is 2. The van der Waals surface area contributed by atoms with Gasteiger partial charge >= 0.3 is 0 Å². The number of hydrogen-bond donors (Lipinski definition) is 1. The molecule has 0 saturated carbocycles. The second-order valence-corrected chi connectivity index (χ2v) is 5.82. The fourth-order valence-electron chi connectivity index (χ4n) is 2.51. The first-order chi connectivity index (χ1) is 10.1. The Bertz CT molecular complexity index is 558. The molecule has 3 heteroatoms. The summed E-state index contributed by atoms with van der Waals surface area (Å²) in [7, 11) is 0. The number of pyridine rings is 1. The number of nitrogens with one attached hydrogen (secondary N) is 1. The van der Waals surface area contributed by atoms with Gasteiger partial charge in [0.1, 0.15) is 0 Å². The molecule has 0 aliphatic rings. The van der Waals surface area contributed by atoms with Crippen molar-refractivity contribution in [3.63, 3.8) is 0 Å². The minimum absolute atomic E-state index is 0.243. The fourth-order valence-corrected chi connectivity index (χ4v) is 2.81. The molecule has 1 aromatic heterocycles. The van der Waals surface area contributed by atoms with Crippen molar-refractivity contribution in [3.8, 4) is 0 Å². The number of halogens is 1. The molecule has 0 amide bonds. The molecule has 1 aromatic carbocycles. The molecule has 0 fully saturated rings. The average molecular weight is 303 g/mol. The lowest BCUT2D eigenvalue weighted by atomic mass is 9.99. The second-order valence-electron chi connectivity index (χ2n) is 5.39. The predicted molar refractivity (Wildman–Crippen MR) is 89.9 cm³/mol. The molecule has 0 bridgehead atoms. The lowest BCUT2D eigenvalue weighted by molar-refractivity contribution is 0.543. The van der Waals surface area contributed by atoms with E-state index >= 15 is 0 Å². The summed E-state index contributed by atoms with van der Waals surface area (Å²) in [4.78, 5) is 4.57. The summed E-state index contributed by atoms with van der Waals surface area (Å²) in [5.41, 5.74) is 4.80. The van der Waals surface area contributed by atoms with E-state index in [-0.39, 0.29) is 6.04 Å². The Morgan fingerprint density at radius 3 is 2.57 bits per heavy atom. The van der Waals surface area contributed by atoms with E-state index in [2.05, 4.69) is 49.3 Å². The summed E-state index contributed by atoms with van der Waals surface area (Å²) in [5, 5.41) is 4.33. The van der Waals surface area contributed by atoms with E-state index in [1.165, 1.54) is 16.7 Å². The van der Waals surface area contributed by atoms with E-state index in [1.807, 2.05) is 18.3 Å². The molecule has 2 rings (SSSR count). The lowest BCUT2D eigenvalue weighted by Crippen LogP contribution is -2.23. The monoisotopic (exact) mass is 302 g/mol. The fraction of sp³-hybridized carbons (Fsp3) is 0.389. The Hall–Kier alpha value is -1.38. The normalized spacial score (nSPS) is 12.4. The molecule has 112 valence electrons.